The van der Waals surface area contributed by atoms with E-state index < -0.39 is 37.0 Å². The van der Waals surface area contributed by atoms with Crippen molar-refractivity contribution < 1.29 is 34.7 Å². The van der Waals surface area contributed by atoms with Crippen LogP contribution in [0.3, 0.4) is 0 Å². The van der Waals surface area contributed by atoms with Gasteiger partial charge in [0.15, 0.2) is 0 Å². The molecular formula is C39H67ClN2O7. The number of halogens is 1. The molecule has 0 aromatic heterocycles. The summed E-state index contributed by atoms with van der Waals surface area (Å²) in [7, 11) is 0. The predicted octanol–water partition coefficient (Wildman–Crippen LogP) is 4.46. The van der Waals surface area contributed by atoms with Gasteiger partial charge in [0.2, 0.25) is 5.91 Å². The molecule has 0 spiro atoms. The van der Waals surface area contributed by atoms with E-state index in [1.807, 2.05) is 0 Å². The van der Waals surface area contributed by atoms with Crippen LogP contribution in [0.5, 0.6) is 0 Å². The third-order valence-electron chi connectivity index (χ3n) is 14.3. The number of likely N-dealkylation sites (tertiary alicyclic amines) is 1. The van der Waals surface area contributed by atoms with Gasteiger partial charge in [0.25, 0.3) is 0 Å². The van der Waals surface area contributed by atoms with Crippen LogP contribution in [0.15, 0.2) is 0 Å². The van der Waals surface area contributed by atoms with Crippen LogP contribution in [0, 0.1) is 46.3 Å². The summed E-state index contributed by atoms with van der Waals surface area (Å²) in [6.07, 6.45) is 17.9. The van der Waals surface area contributed by atoms with E-state index in [1.54, 1.807) is 4.90 Å². The first-order valence-electron chi connectivity index (χ1n) is 20.1. The number of piperidine rings is 1. The average Bonchev–Trinajstić information content (AvgIpc) is 3.03. The molecule has 282 valence electrons. The fourth-order valence-electron chi connectivity index (χ4n) is 13.0. The minimum absolute atomic E-state index is 0. The Morgan fingerprint density at radius 3 is 1.53 bits per heavy atom. The SMILES string of the molecule is Cl.O=C(NCCCCCOCC12CC3CC(CC(C3)C1)C2)[C@@H]1[C@H](O)[C@@H](O)[C@H](O)[C@@H](CO)N1CCCCCOCC12CC3CC(CC(C3)C1)C2. The number of rotatable bonds is 18. The number of hydrogen-bond acceptors (Lipinski definition) is 8. The van der Waals surface area contributed by atoms with Gasteiger partial charge in [-0.05, 0) is 168 Å². The predicted molar refractivity (Wildman–Crippen MR) is 190 cm³/mol. The van der Waals surface area contributed by atoms with Gasteiger partial charge in [-0.3, -0.25) is 9.69 Å². The Morgan fingerprint density at radius 2 is 1.08 bits per heavy atom. The Morgan fingerprint density at radius 1 is 0.633 bits per heavy atom. The lowest BCUT2D eigenvalue weighted by atomic mass is 9.50. The molecule has 8 saturated carbocycles. The van der Waals surface area contributed by atoms with Gasteiger partial charge < -0.3 is 35.2 Å². The summed E-state index contributed by atoms with van der Waals surface area (Å²) in [6.45, 7) is 3.83. The Kier molecular flexibility index (Phi) is 13.0. The average molecular weight is 711 g/mol. The second-order valence-corrected chi connectivity index (χ2v) is 18.3. The topological polar surface area (TPSA) is 132 Å². The third kappa shape index (κ3) is 8.66. The maximum atomic E-state index is 13.4. The van der Waals surface area contributed by atoms with E-state index in [1.165, 1.54) is 77.0 Å². The van der Waals surface area contributed by atoms with Gasteiger partial charge in [0.05, 0.1) is 25.9 Å². The van der Waals surface area contributed by atoms with E-state index in [4.69, 9.17) is 9.47 Å². The number of nitrogens with one attached hydrogen (secondary N) is 1. The highest BCUT2D eigenvalue weighted by molar-refractivity contribution is 5.85. The lowest BCUT2D eigenvalue weighted by Gasteiger charge is -2.56. The Labute approximate surface area is 301 Å². The molecule has 8 bridgehead atoms. The normalized spacial score (nSPS) is 43.6. The van der Waals surface area contributed by atoms with Crippen LogP contribution in [0.25, 0.3) is 0 Å². The lowest BCUT2D eigenvalue weighted by molar-refractivity contribution is -0.178. The Balaban J connectivity index is 0.00000417. The zero-order chi connectivity index (χ0) is 33.3. The molecule has 5 atom stereocenters. The highest BCUT2D eigenvalue weighted by Gasteiger charge is 2.53. The van der Waals surface area contributed by atoms with E-state index >= 15 is 0 Å². The minimum Gasteiger partial charge on any atom is -0.395 e. The molecule has 1 heterocycles. The van der Waals surface area contributed by atoms with Crippen molar-refractivity contribution in [2.75, 3.05) is 46.1 Å². The van der Waals surface area contributed by atoms with Crippen molar-refractivity contribution in [1.29, 1.82) is 0 Å². The molecule has 0 aromatic rings. The molecule has 8 aliphatic carbocycles. The lowest BCUT2D eigenvalue weighted by Crippen LogP contribution is -2.70. The fraction of sp³-hybridized carbons (Fsp3) is 0.974. The van der Waals surface area contributed by atoms with Gasteiger partial charge in [-0.15, -0.1) is 12.4 Å². The molecule has 1 amide bonds. The standard InChI is InChI=1S/C39H66N2O7.ClH/c42-23-32-34(43)36(45)35(44)33(41(32)8-4-2-6-10-48-25-39-20-29-14-30(21-39)16-31(15-29)22-39)37(46)40-7-3-1-5-9-47-24-38-17-26-11-27(18-38)13-28(12-26)19-38;/h26-36,42-45H,1-25H2,(H,40,46);1H/t26?,27?,28?,29?,30?,31?,32-,33+,34-,35+,36+,38?,39?;/m1./s1. The van der Waals surface area contributed by atoms with Crippen molar-refractivity contribution in [2.24, 2.45) is 46.3 Å². The number of amides is 1. The molecule has 0 unspecified atom stereocenters. The monoisotopic (exact) mass is 710 g/mol. The van der Waals surface area contributed by atoms with Crippen LogP contribution in [0.1, 0.15) is 116 Å². The highest BCUT2D eigenvalue weighted by Crippen LogP contribution is 2.61. The number of carbonyl (C=O) groups excluding carboxylic acids is 1. The van der Waals surface area contributed by atoms with Crippen molar-refractivity contribution in [1.82, 2.24) is 10.2 Å². The number of ether oxygens (including phenoxy) is 2. The molecule has 49 heavy (non-hydrogen) atoms. The van der Waals surface area contributed by atoms with Crippen LogP contribution in [-0.4, -0.2) is 108 Å². The molecule has 0 radical (unpaired) electrons. The van der Waals surface area contributed by atoms with E-state index in [-0.39, 0.29) is 18.3 Å². The van der Waals surface area contributed by atoms with Gasteiger partial charge in [0, 0.05) is 19.8 Å². The number of aliphatic hydroxyl groups excluding tert-OH is 4. The van der Waals surface area contributed by atoms with Crippen molar-refractivity contribution in [2.45, 2.75) is 146 Å². The minimum atomic E-state index is -1.49. The molecule has 9 fully saturated rings. The van der Waals surface area contributed by atoms with Crippen molar-refractivity contribution in [3.63, 3.8) is 0 Å². The Hall–Kier alpha value is -0.520. The molecule has 1 aliphatic heterocycles. The largest absolute Gasteiger partial charge is 0.395 e. The van der Waals surface area contributed by atoms with E-state index in [2.05, 4.69) is 5.32 Å². The maximum Gasteiger partial charge on any atom is 0.240 e. The van der Waals surface area contributed by atoms with Crippen molar-refractivity contribution in [3.8, 4) is 0 Å². The molecular weight excluding hydrogens is 644 g/mol. The summed E-state index contributed by atoms with van der Waals surface area (Å²) in [5.41, 5.74) is 0.869. The summed E-state index contributed by atoms with van der Waals surface area (Å²) in [6, 6.07) is -1.82. The smallest absolute Gasteiger partial charge is 0.240 e. The summed E-state index contributed by atoms with van der Waals surface area (Å²) in [5.74, 6) is 5.26. The van der Waals surface area contributed by atoms with Gasteiger partial charge in [-0.2, -0.15) is 0 Å². The van der Waals surface area contributed by atoms with E-state index in [9.17, 15) is 25.2 Å². The quantitative estimate of drug-likeness (QED) is 0.132. The van der Waals surface area contributed by atoms with Gasteiger partial charge in [-0.1, -0.05) is 0 Å². The first-order valence-corrected chi connectivity index (χ1v) is 20.1. The van der Waals surface area contributed by atoms with Gasteiger partial charge >= 0.3 is 0 Å². The molecule has 1 saturated heterocycles. The maximum absolute atomic E-state index is 13.4. The summed E-state index contributed by atoms with van der Waals surface area (Å²) < 4.78 is 12.5. The molecule has 5 N–H and O–H groups in total. The van der Waals surface area contributed by atoms with Crippen LogP contribution >= 0.6 is 12.4 Å². The van der Waals surface area contributed by atoms with E-state index in [0.717, 1.165) is 100 Å². The van der Waals surface area contributed by atoms with Crippen LogP contribution in [0.4, 0.5) is 0 Å². The number of unbranched alkanes of at least 4 members (excludes halogenated alkanes) is 4. The van der Waals surface area contributed by atoms with Gasteiger partial charge in [-0.25, -0.2) is 0 Å². The van der Waals surface area contributed by atoms with E-state index in [0.29, 0.717) is 23.9 Å². The Bertz CT molecular complexity index is 1010. The third-order valence-corrected chi connectivity index (χ3v) is 14.3. The molecule has 0 aromatic carbocycles. The highest BCUT2D eigenvalue weighted by atomic mass is 35.5. The molecule has 10 heteroatoms. The zero-order valence-corrected chi connectivity index (χ0v) is 30.7. The summed E-state index contributed by atoms with van der Waals surface area (Å²) >= 11 is 0. The molecule has 9 nitrogen and oxygen atoms in total. The molecule has 9 rings (SSSR count). The number of hydrogen-bond donors (Lipinski definition) is 5. The second kappa shape index (κ2) is 16.7. The zero-order valence-electron chi connectivity index (χ0n) is 29.9. The number of nitrogens with zero attached hydrogens (tertiary/aromatic N) is 1. The van der Waals surface area contributed by atoms with Crippen molar-refractivity contribution >= 4 is 18.3 Å². The first kappa shape index (κ1) is 38.2. The number of carbonyl (C=O) groups is 1. The van der Waals surface area contributed by atoms with Crippen LogP contribution in [0.2, 0.25) is 0 Å². The molecule has 9 aliphatic rings. The first-order chi connectivity index (χ1) is 23.3. The summed E-state index contributed by atoms with van der Waals surface area (Å²) in [4.78, 5) is 15.1. The van der Waals surface area contributed by atoms with Crippen molar-refractivity contribution in [3.05, 3.63) is 0 Å². The number of aliphatic hydroxyl groups is 4. The van der Waals surface area contributed by atoms with Crippen LogP contribution < -0.4 is 5.32 Å². The van der Waals surface area contributed by atoms with Crippen LogP contribution in [-0.2, 0) is 14.3 Å². The van der Waals surface area contributed by atoms with Gasteiger partial charge in [0.1, 0.15) is 24.4 Å². The fourth-order valence-corrected chi connectivity index (χ4v) is 13.0. The second-order valence-electron chi connectivity index (χ2n) is 18.3. The summed E-state index contributed by atoms with van der Waals surface area (Å²) in [5, 5.41) is 45.2.